The maximum absolute atomic E-state index is 10.9. The highest BCUT2D eigenvalue weighted by molar-refractivity contribution is 5.95. The highest BCUT2D eigenvalue weighted by Gasteiger charge is 2.19. The van der Waals surface area contributed by atoms with Crippen molar-refractivity contribution in [1.29, 1.82) is 0 Å². The Kier molecular flexibility index (Phi) is 1.25. The molecule has 4 nitrogen and oxygen atoms in total. The molecule has 0 fully saturated rings. The van der Waals surface area contributed by atoms with E-state index in [1.54, 1.807) is 12.1 Å². The van der Waals surface area contributed by atoms with E-state index in [1.807, 2.05) is 0 Å². The van der Waals surface area contributed by atoms with E-state index in [4.69, 9.17) is 0 Å². The maximum atomic E-state index is 10.9. The van der Waals surface area contributed by atoms with Gasteiger partial charge < -0.3 is 10.1 Å². The first kappa shape index (κ1) is 6.15. The van der Waals surface area contributed by atoms with Gasteiger partial charge in [0.15, 0.2) is 5.69 Å². The molecule has 4 heteroatoms. The third-order valence-corrected chi connectivity index (χ3v) is 1.33. The zero-order valence-electron chi connectivity index (χ0n) is 5.50. The molecule has 0 saturated heterocycles. The summed E-state index contributed by atoms with van der Waals surface area (Å²) in [6.45, 7) is 2.25. The van der Waals surface area contributed by atoms with Gasteiger partial charge in [0.1, 0.15) is 0 Å². The molecule has 54 valence electrons. The molecule has 0 bridgehead atoms. The second-order valence-electron chi connectivity index (χ2n) is 2.02. The van der Waals surface area contributed by atoms with Crippen LogP contribution in [0.15, 0.2) is 18.3 Å². The van der Waals surface area contributed by atoms with Gasteiger partial charge in [0.05, 0.1) is 5.69 Å². The van der Waals surface area contributed by atoms with E-state index in [0.717, 1.165) is 0 Å². The molecule has 0 aliphatic carbocycles. The lowest BCUT2D eigenvalue weighted by Crippen LogP contribution is -2.17. The Morgan fingerprint density at radius 2 is 2.55 bits per heavy atom. The van der Waals surface area contributed by atoms with Gasteiger partial charge in [0, 0.05) is 6.20 Å². The van der Waals surface area contributed by atoms with Gasteiger partial charge in [-0.15, -0.1) is 0 Å². The molecule has 2 radical (unpaired) electrons. The first-order valence-electron chi connectivity index (χ1n) is 3.05. The van der Waals surface area contributed by atoms with Crippen molar-refractivity contribution in [3.05, 3.63) is 30.8 Å². The van der Waals surface area contributed by atoms with Crippen LogP contribution in [0.25, 0.3) is 0 Å². The van der Waals surface area contributed by atoms with Gasteiger partial charge in [0.25, 0.3) is 0 Å². The molecule has 0 aromatic carbocycles. The number of esters is 1. The van der Waals surface area contributed by atoms with Crippen LogP contribution in [0.4, 0.5) is 5.69 Å². The molecule has 2 heterocycles. The molecule has 11 heavy (non-hydrogen) atoms. The molecule has 0 spiro atoms. The first-order valence-corrected chi connectivity index (χ1v) is 3.05. The zero-order valence-corrected chi connectivity index (χ0v) is 5.50. The molecular weight excluding hydrogens is 144 g/mol. The van der Waals surface area contributed by atoms with Crippen LogP contribution in [-0.2, 0) is 4.74 Å². The van der Waals surface area contributed by atoms with Crippen LogP contribution in [-0.4, -0.2) is 11.0 Å². The Hall–Kier alpha value is -1.58. The Morgan fingerprint density at radius 3 is 3.36 bits per heavy atom. The van der Waals surface area contributed by atoms with Crippen molar-refractivity contribution in [2.45, 2.75) is 0 Å². The molecule has 0 atom stereocenters. The predicted octanol–water partition coefficient (Wildman–Crippen LogP) is 0.660. The lowest BCUT2D eigenvalue weighted by molar-refractivity contribution is 0.0598. The van der Waals surface area contributed by atoms with Crippen molar-refractivity contribution in [3.8, 4) is 0 Å². The lowest BCUT2D eigenvalue weighted by atomic mass is 10.3. The van der Waals surface area contributed by atoms with Crippen molar-refractivity contribution in [2.75, 3.05) is 5.32 Å². The van der Waals surface area contributed by atoms with E-state index in [2.05, 4.69) is 21.8 Å². The lowest BCUT2D eigenvalue weighted by Gasteiger charge is -2.12. The number of fused-ring (bicyclic) bond motifs is 1. The smallest absolute Gasteiger partial charge is 0.361 e. The number of ether oxygens (including phenoxy) is 1. The first-order chi connectivity index (χ1) is 5.38. The molecule has 1 N–H and O–H groups in total. The summed E-state index contributed by atoms with van der Waals surface area (Å²) >= 11 is 0. The van der Waals surface area contributed by atoms with Crippen LogP contribution < -0.4 is 5.32 Å². The topological polar surface area (TPSA) is 51.2 Å². The zero-order chi connectivity index (χ0) is 7.68. The fraction of sp³-hybridized carbons (Fsp3) is 0. The third kappa shape index (κ3) is 0.920. The third-order valence-electron chi connectivity index (χ3n) is 1.33. The summed E-state index contributed by atoms with van der Waals surface area (Å²) in [5.74, 6) is -0.473. The molecular formula is C7H4N2O2. The van der Waals surface area contributed by atoms with E-state index >= 15 is 0 Å². The van der Waals surface area contributed by atoms with Gasteiger partial charge in [-0.25, -0.2) is 9.78 Å². The average Bonchev–Trinajstić information content (AvgIpc) is 2.06. The van der Waals surface area contributed by atoms with Gasteiger partial charge in [-0.3, -0.25) is 0 Å². The summed E-state index contributed by atoms with van der Waals surface area (Å²) in [5.41, 5.74) is 0.926. The number of carbonyl (C=O) groups excluding carboxylic acids is 1. The van der Waals surface area contributed by atoms with Crippen LogP contribution in [0.1, 0.15) is 10.5 Å². The standard InChI is InChI=1S/C7H4N2O2/c10-7-6-5(9-4-11-7)2-1-3-8-6/h1-3,9H. The molecule has 0 unspecified atom stereocenters. The molecule has 1 aliphatic heterocycles. The molecule has 1 aromatic rings. The summed E-state index contributed by atoms with van der Waals surface area (Å²) in [5, 5.41) is 2.64. The Balaban J connectivity index is 2.52. The number of aromatic nitrogens is 1. The van der Waals surface area contributed by atoms with Crippen molar-refractivity contribution in [1.82, 2.24) is 4.98 Å². The Morgan fingerprint density at radius 1 is 1.64 bits per heavy atom. The van der Waals surface area contributed by atoms with Gasteiger partial charge in [-0.2, -0.15) is 0 Å². The highest BCUT2D eigenvalue weighted by Crippen LogP contribution is 2.17. The molecule has 2 rings (SSSR count). The number of hydrogen-bond donors (Lipinski definition) is 1. The summed E-state index contributed by atoms with van der Waals surface area (Å²) in [6, 6.07) is 3.46. The fourth-order valence-corrected chi connectivity index (χ4v) is 0.844. The van der Waals surface area contributed by atoms with Crippen molar-refractivity contribution in [2.24, 2.45) is 0 Å². The summed E-state index contributed by atoms with van der Waals surface area (Å²) in [7, 11) is 0. The second-order valence-corrected chi connectivity index (χ2v) is 2.02. The van der Waals surface area contributed by atoms with Gasteiger partial charge in [0.2, 0.25) is 0 Å². The van der Waals surface area contributed by atoms with Gasteiger partial charge in [-0.05, 0) is 12.1 Å². The second kappa shape index (κ2) is 2.23. The highest BCUT2D eigenvalue weighted by atomic mass is 16.5. The summed E-state index contributed by atoms with van der Waals surface area (Å²) in [6.07, 6.45) is 1.53. The predicted molar refractivity (Wildman–Crippen MR) is 36.5 cm³/mol. The van der Waals surface area contributed by atoms with E-state index in [1.165, 1.54) is 6.20 Å². The number of hydrogen-bond acceptors (Lipinski definition) is 4. The minimum Gasteiger partial charge on any atom is -0.420 e. The van der Waals surface area contributed by atoms with E-state index in [0.29, 0.717) is 11.4 Å². The van der Waals surface area contributed by atoms with Gasteiger partial charge in [-0.1, -0.05) is 0 Å². The molecule has 1 aliphatic rings. The van der Waals surface area contributed by atoms with Crippen LogP contribution in [0.2, 0.25) is 0 Å². The number of carbonyl (C=O) groups is 1. The van der Waals surface area contributed by atoms with Gasteiger partial charge >= 0.3 is 12.7 Å². The van der Waals surface area contributed by atoms with Crippen molar-refractivity contribution >= 4 is 11.7 Å². The summed E-state index contributed by atoms with van der Waals surface area (Å²) in [4.78, 5) is 14.7. The fourth-order valence-electron chi connectivity index (χ4n) is 0.844. The van der Waals surface area contributed by atoms with E-state index in [9.17, 15) is 4.79 Å². The number of pyridine rings is 1. The Labute approximate surface area is 63.2 Å². The van der Waals surface area contributed by atoms with E-state index in [-0.39, 0.29) is 0 Å². The molecule has 0 saturated carbocycles. The van der Waals surface area contributed by atoms with Crippen molar-refractivity contribution < 1.29 is 9.53 Å². The van der Waals surface area contributed by atoms with E-state index < -0.39 is 5.97 Å². The maximum Gasteiger partial charge on any atom is 0.361 e. The minimum atomic E-state index is -0.473. The number of cyclic esters (lactones) is 1. The quantitative estimate of drug-likeness (QED) is 0.549. The minimum absolute atomic E-state index is 0.297. The SMILES string of the molecule is O=C1O[C]Nc2cccnc21. The Bertz CT molecular complexity index is 298. The van der Waals surface area contributed by atoms with Crippen LogP contribution in [0.5, 0.6) is 0 Å². The largest absolute Gasteiger partial charge is 0.420 e. The number of rotatable bonds is 0. The average molecular weight is 148 g/mol. The molecule has 1 aromatic heterocycles. The monoisotopic (exact) mass is 148 g/mol. The molecule has 0 amide bonds. The summed E-state index contributed by atoms with van der Waals surface area (Å²) < 4.78 is 4.44. The van der Waals surface area contributed by atoms with Crippen molar-refractivity contribution in [3.63, 3.8) is 0 Å². The number of nitrogens with one attached hydrogen (secondary N) is 1. The van der Waals surface area contributed by atoms with Crippen LogP contribution >= 0.6 is 0 Å². The number of anilines is 1. The van der Waals surface area contributed by atoms with Crippen LogP contribution in [0.3, 0.4) is 0 Å². The number of nitrogens with zero attached hydrogens (tertiary/aromatic N) is 1. The van der Waals surface area contributed by atoms with Crippen LogP contribution in [0, 0.1) is 6.73 Å². The normalized spacial score (nSPS) is 14.7.